The molecule has 0 radical (unpaired) electrons. The molecule has 2 unspecified atom stereocenters. The highest BCUT2D eigenvalue weighted by molar-refractivity contribution is 6.38. The van der Waals surface area contributed by atoms with Crippen molar-refractivity contribution < 1.29 is 86.1 Å². The van der Waals surface area contributed by atoms with E-state index in [1.54, 1.807) is 27.7 Å². The van der Waals surface area contributed by atoms with Gasteiger partial charge >= 0.3 is 48.6 Å². The first-order valence-electron chi connectivity index (χ1n) is 9.80. The summed E-state index contributed by atoms with van der Waals surface area (Å²) in [5.41, 5.74) is -0.301. The molecule has 224 valence electrons. The molecule has 0 spiro atoms. The number of rotatable bonds is 2. The zero-order valence-corrected chi connectivity index (χ0v) is 19.6. The molecule has 0 amide bonds. The normalized spacial score (nSPS) is 19.7. The average Bonchev–Trinajstić information content (AvgIpc) is 3.30. The van der Waals surface area contributed by atoms with Crippen LogP contribution in [0.2, 0.25) is 0 Å². The first-order chi connectivity index (χ1) is 17.2. The molecule has 2 heterocycles. The van der Waals surface area contributed by atoms with E-state index in [2.05, 4.69) is 24.2 Å². The van der Waals surface area contributed by atoms with Crippen molar-refractivity contribution in [3.05, 3.63) is 0 Å². The summed E-state index contributed by atoms with van der Waals surface area (Å²) in [6, 6.07) is 0. The number of ether oxygens (including phenoxy) is 3. The van der Waals surface area contributed by atoms with Crippen molar-refractivity contribution in [1.82, 2.24) is 0 Å². The van der Waals surface area contributed by atoms with Crippen molar-refractivity contribution in [3.63, 3.8) is 0 Å². The monoisotopic (exact) mass is 600 g/mol. The lowest BCUT2D eigenvalue weighted by Crippen LogP contribution is -2.34. The molecular weight excluding hydrogens is 584 g/mol. The predicted octanol–water partition coefficient (Wildman–Crippen LogP) is 4.24. The summed E-state index contributed by atoms with van der Waals surface area (Å²) in [5, 5.41) is 0. The van der Waals surface area contributed by atoms with Crippen LogP contribution in [0.25, 0.3) is 0 Å². The highest BCUT2D eigenvalue weighted by Crippen LogP contribution is 2.29. The molecule has 0 aromatic rings. The summed E-state index contributed by atoms with van der Waals surface area (Å²) < 4.78 is 150. The van der Waals surface area contributed by atoms with Crippen LogP contribution in [0.4, 0.5) is 52.7 Å². The van der Waals surface area contributed by atoms with E-state index in [4.69, 9.17) is 0 Å². The minimum absolute atomic E-state index is 0.151. The third-order valence-corrected chi connectivity index (χ3v) is 3.67. The van der Waals surface area contributed by atoms with Gasteiger partial charge in [-0.2, -0.15) is 52.7 Å². The van der Waals surface area contributed by atoms with Crippen molar-refractivity contribution in [3.8, 4) is 0 Å². The summed E-state index contributed by atoms with van der Waals surface area (Å²) in [5.74, 6) is -9.04. The largest absolute Gasteiger partial charge is 0.491 e. The van der Waals surface area contributed by atoms with Crippen LogP contribution in [0.15, 0.2) is 9.98 Å². The van der Waals surface area contributed by atoms with Crippen LogP contribution in [0.1, 0.15) is 27.7 Å². The zero-order valence-electron chi connectivity index (χ0n) is 19.6. The SMILES string of the molecule is CC(C)C1=NC(C(F)(F)F)OC1=O.CC(C)C1=NC(C(F)(F)F)OC1=O.O=C(OC(=O)C(F)(F)F)C(F)(F)F. The van der Waals surface area contributed by atoms with Gasteiger partial charge in [0.15, 0.2) is 0 Å². The van der Waals surface area contributed by atoms with Crippen molar-refractivity contribution in [2.75, 3.05) is 0 Å². The maximum absolute atomic E-state index is 12.0. The average molecular weight is 600 g/mol. The molecule has 0 saturated carbocycles. The van der Waals surface area contributed by atoms with E-state index in [9.17, 15) is 71.9 Å². The number of halogens is 12. The number of carbonyl (C=O) groups is 4. The molecule has 2 rings (SSSR count). The minimum Gasteiger partial charge on any atom is -0.425 e. The van der Waals surface area contributed by atoms with Gasteiger partial charge in [-0.3, -0.25) is 0 Å². The highest BCUT2D eigenvalue weighted by Gasteiger charge is 2.50. The standard InChI is InChI=1S/2C7H8F3NO2.C4F6O3/c2*1-3(2)4-5(12)13-6(11-4)7(8,9)10;5-3(6,7)1(11)13-2(12)4(8,9)10/h2*3,6H,1-2H3;. The fraction of sp³-hybridized carbons (Fsp3) is 0.667. The Labute approximate surface area is 209 Å². The number of carbonyl (C=O) groups excluding carboxylic acids is 4. The molecule has 2 aliphatic rings. The van der Waals surface area contributed by atoms with E-state index in [0.717, 1.165) is 0 Å². The molecule has 2 atom stereocenters. The summed E-state index contributed by atoms with van der Waals surface area (Å²) in [7, 11) is 0. The van der Waals surface area contributed by atoms with Crippen LogP contribution in [0.5, 0.6) is 0 Å². The zero-order chi connectivity index (χ0) is 31.3. The second-order valence-electron chi connectivity index (χ2n) is 7.61. The van der Waals surface area contributed by atoms with Gasteiger partial charge in [0.25, 0.3) is 12.5 Å². The number of hydrogen-bond donors (Lipinski definition) is 0. The van der Waals surface area contributed by atoms with Crippen LogP contribution < -0.4 is 0 Å². The van der Waals surface area contributed by atoms with Crippen LogP contribution in [-0.2, 0) is 33.4 Å². The van der Waals surface area contributed by atoms with E-state index < -0.39 is 61.0 Å². The topological polar surface area (TPSA) is 121 Å². The van der Waals surface area contributed by atoms with Crippen molar-refractivity contribution in [2.45, 2.75) is 64.9 Å². The number of esters is 4. The van der Waals surface area contributed by atoms with Crippen LogP contribution in [0, 0.1) is 11.8 Å². The van der Waals surface area contributed by atoms with Gasteiger partial charge in [-0.1, -0.05) is 27.7 Å². The molecule has 21 heteroatoms. The first kappa shape index (κ1) is 35.6. The van der Waals surface area contributed by atoms with Gasteiger partial charge < -0.3 is 14.2 Å². The maximum atomic E-state index is 12.0. The highest BCUT2D eigenvalue weighted by atomic mass is 19.4. The Hall–Kier alpha value is -3.42. The van der Waals surface area contributed by atoms with Gasteiger partial charge in [0.1, 0.15) is 11.4 Å². The van der Waals surface area contributed by atoms with Gasteiger partial charge in [-0.15, -0.1) is 0 Å². The Morgan fingerprint density at radius 1 is 0.641 bits per heavy atom. The Morgan fingerprint density at radius 3 is 1.03 bits per heavy atom. The Bertz CT molecular complexity index is 914. The molecule has 0 N–H and O–H groups in total. The van der Waals surface area contributed by atoms with E-state index in [0.29, 0.717) is 0 Å². The smallest absolute Gasteiger partial charge is 0.425 e. The summed E-state index contributed by atoms with van der Waals surface area (Å²) >= 11 is 0. The lowest BCUT2D eigenvalue weighted by Gasteiger charge is -2.09. The first-order valence-corrected chi connectivity index (χ1v) is 9.80. The molecule has 0 aromatic carbocycles. The van der Waals surface area contributed by atoms with Gasteiger partial charge in [-0.05, 0) is 0 Å². The number of hydrogen-bond acceptors (Lipinski definition) is 9. The van der Waals surface area contributed by atoms with E-state index >= 15 is 0 Å². The fourth-order valence-electron chi connectivity index (χ4n) is 1.98. The molecule has 2 aliphatic heterocycles. The summed E-state index contributed by atoms with van der Waals surface area (Å²) in [4.78, 5) is 47.3. The van der Waals surface area contributed by atoms with Crippen LogP contribution >= 0.6 is 0 Å². The number of aliphatic imine (C=N–C) groups is 2. The third-order valence-electron chi connectivity index (χ3n) is 3.67. The second kappa shape index (κ2) is 12.6. The van der Waals surface area contributed by atoms with E-state index in [1.165, 1.54) is 0 Å². The van der Waals surface area contributed by atoms with Gasteiger partial charge in [-0.25, -0.2) is 29.2 Å². The van der Waals surface area contributed by atoms with Crippen molar-refractivity contribution in [2.24, 2.45) is 21.8 Å². The Balaban J connectivity index is 0.000000555. The fourth-order valence-corrected chi connectivity index (χ4v) is 1.98. The Kier molecular flexibility index (Phi) is 11.5. The molecule has 0 fully saturated rings. The third kappa shape index (κ3) is 11.5. The molecule has 39 heavy (non-hydrogen) atoms. The predicted molar refractivity (Wildman–Crippen MR) is 99.6 cm³/mol. The summed E-state index contributed by atoms with van der Waals surface area (Å²) in [6.07, 6.45) is -25.1. The van der Waals surface area contributed by atoms with Crippen molar-refractivity contribution >= 4 is 35.3 Å². The number of cyclic esters (lactones) is 2. The van der Waals surface area contributed by atoms with Gasteiger partial charge in [0.05, 0.1) is 0 Å². The maximum Gasteiger partial charge on any atom is 0.491 e. The van der Waals surface area contributed by atoms with E-state index in [1.807, 2.05) is 0 Å². The Morgan fingerprint density at radius 2 is 0.897 bits per heavy atom. The minimum atomic E-state index is -5.62. The molecular formula is C18H16F12N2O7. The molecule has 9 nitrogen and oxygen atoms in total. The van der Waals surface area contributed by atoms with Crippen molar-refractivity contribution in [1.29, 1.82) is 0 Å². The summed E-state index contributed by atoms with van der Waals surface area (Å²) in [6.45, 7) is 6.33. The van der Waals surface area contributed by atoms with Gasteiger partial charge in [0.2, 0.25) is 0 Å². The molecule has 0 aromatic heterocycles. The second-order valence-corrected chi connectivity index (χ2v) is 7.61. The lowest BCUT2D eigenvalue weighted by molar-refractivity contribution is -0.221. The number of nitrogens with zero attached hydrogens (tertiary/aromatic N) is 2. The van der Waals surface area contributed by atoms with Gasteiger partial charge in [0, 0.05) is 11.8 Å². The van der Waals surface area contributed by atoms with E-state index in [-0.39, 0.29) is 23.3 Å². The lowest BCUT2D eigenvalue weighted by atomic mass is 10.1. The van der Waals surface area contributed by atoms with Crippen LogP contribution in [0.3, 0.4) is 0 Å². The number of alkyl halides is 12. The molecule has 0 saturated heterocycles. The molecule has 0 bridgehead atoms. The van der Waals surface area contributed by atoms with Crippen LogP contribution in [-0.4, -0.2) is 72.5 Å². The molecule has 0 aliphatic carbocycles. The quantitative estimate of drug-likeness (QED) is 0.201.